The Bertz CT molecular complexity index is 3560. The number of rotatable bonds is 7. The SMILES string of the molecule is c1ccc(-c2nc(-c3ccccc3)nc(-c3cc(-c4ccc(-c5ccccc5)c(-c5ccccc5)c4)ccc3-n3c4ccccc4c4c5sc6ccccc6c5ccc43)n2)cc1. The Morgan fingerprint density at radius 1 is 0.323 bits per heavy atom. The van der Waals surface area contributed by atoms with Crippen molar-refractivity contribution in [1.29, 1.82) is 0 Å². The lowest BCUT2D eigenvalue weighted by Crippen LogP contribution is -2.04. The fraction of sp³-hybridized carbons (Fsp3) is 0. The topological polar surface area (TPSA) is 43.6 Å². The summed E-state index contributed by atoms with van der Waals surface area (Å²) < 4.78 is 4.99. The molecule has 0 atom stereocenters. The first-order chi connectivity index (χ1) is 30.7. The zero-order chi connectivity index (χ0) is 41.0. The number of hydrogen-bond donors (Lipinski definition) is 0. The molecule has 290 valence electrons. The van der Waals surface area contributed by atoms with Crippen LogP contribution in [0.5, 0.6) is 0 Å². The van der Waals surface area contributed by atoms with Gasteiger partial charge in [0.2, 0.25) is 0 Å². The minimum absolute atomic E-state index is 0.604. The van der Waals surface area contributed by atoms with Gasteiger partial charge in [0.05, 0.1) is 16.7 Å². The molecule has 0 fully saturated rings. The molecule has 0 amide bonds. The van der Waals surface area contributed by atoms with Crippen LogP contribution in [0.25, 0.3) is 115 Å². The average Bonchev–Trinajstić information content (AvgIpc) is 3.90. The van der Waals surface area contributed by atoms with Gasteiger partial charge in [0, 0.05) is 47.6 Å². The normalized spacial score (nSPS) is 11.5. The molecular weight excluding hydrogens is 773 g/mol. The summed E-state index contributed by atoms with van der Waals surface area (Å²) in [5.74, 6) is 1.85. The van der Waals surface area contributed by atoms with Gasteiger partial charge < -0.3 is 4.57 Å². The van der Waals surface area contributed by atoms with E-state index < -0.39 is 0 Å². The lowest BCUT2D eigenvalue weighted by molar-refractivity contribution is 1.06. The molecule has 9 aromatic carbocycles. The van der Waals surface area contributed by atoms with Crippen molar-refractivity contribution in [3.8, 4) is 73.2 Å². The molecule has 0 saturated carbocycles. The number of para-hydroxylation sites is 1. The highest BCUT2D eigenvalue weighted by atomic mass is 32.1. The van der Waals surface area contributed by atoms with Crippen LogP contribution in [-0.2, 0) is 0 Å². The van der Waals surface area contributed by atoms with Gasteiger partial charge in [-0.3, -0.25) is 0 Å². The maximum absolute atomic E-state index is 5.33. The van der Waals surface area contributed by atoms with Crippen molar-refractivity contribution in [3.63, 3.8) is 0 Å². The summed E-state index contributed by atoms with van der Waals surface area (Å²) in [6.07, 6.45) is 0. The molecule has 62 heavy (non-hydrogen) atoms. The van der Waals surface area contributed by atoms with Crippen molar-refractivity contribution < 1.29 is 0 Å². The maximum atomic E-state index is 5.33. The predicted molar refractivity (Wildman–Crippen MR) is 260 cm³/mol. The third-order valence-electron chi connectivity index (χ3n) is 11.9. The third kappa shape index (κ3) is 6.09. The van der Waals surface area contributed by atoms with Gasteiger partial charge in [0.1, 0.15) is 0 Å². The zero-order valence-electron chi connectivity index (χ0n) is 33.5. The van der Waals surface area contributed by atoms with Gasteiger partial charge in [-0.2, -0.15) is 0 Å². The molecule has 0 radical (unpaired) electrons. The van der Waals surface area contributed by atoms with Gasteiger partial charge in [-0.25, -0.2) is 15.0 Å². The third-order valence-corrected chi connectivity index (χ3v) is 13.1. The summed E-state index contributed by atoms with van der Waals surface area (Å²) in [5, 5.41) is 5.03. The van der Waals surface area contributed by atoms with Gasteiger partial charge in [0.25, 0.3) is 0 Å². The highest BCUT2D eigenvalue weighted by Crippen LogP contribution is 2.45. The van der Waals surface area contributed by atoms with E-state index in [1.165, 1.54) is 53.2 Å². The van der Waals surface area contributed by atoms with E-state index in [2.05, 4.69) is 187 Å². The van der Waals surface area contributed by atoms with E-state index in [0.29, 0.717) is 17.5 Å². The molecule has 0 saturated heterocycles. The molecule has 0 N–H and O–H groups in total. The summed E-state index contributed by atoms with van der Waals surface area (Å²) in [6.45, 7) is 0. The van der Waals surface area contributed by atoms with Crippen LogP contribution in [-0.4, -0.2) is 19.5 Å². The molecule has 3 aromatic heterocycles. The smallest absolute Gasteiger partial charge is 0.166 e. The minimum Gasteiger partial charge on any atom is -0.308 e. The second kappa shape index (κ2) is 14.9. The number of aromatic nitrogens is 4. The van der Waals surface area contributed by atoms with Crippen LogP contribution < -0.4 is 0 Å². The van der Waals surface area contributed by atoms with E-state index >= 15 is 0 Å². The van der Waals surface area contributed by atoms with Crippen LogP contribution in [0.2, 0.25) is 0 Å². The molecular formula is C57H36N4S. The Kier molecular flexibility index (Phi) is 8.65. The maximum Gasteiger partial charge on any atom is 0.166 e. The molecule has 3 heterocycles. The fourth-order valence-corrected chi connectivity index (χ4v) is 10.2. The molecule has 0 aliphatic carbocycles. The van der Waals surface area contributed by atoms with E-state index in [1.54, 1.807) is 0 Å². The highest BCUT2D eigenvalue weighted by molar-refractivity contribution is 7.26. The highest BCUT2D eigenvalue weighted by Gasteiger charge is 2.23. The van der Waals surface area contributed by atoms with Gasteiger partial charge in [-0.1, -0.05) is 182 Å². The van der Waals surface area contributed by atoms with Gasteiger partial charge in [-0.05, 0) is 69.8 Å². The summed E-state index contributed by atoms with van der Waals surface area (Å²) in [4.78, 5) is 15.7. The second-order valence-corrected chi connectivity index (χ2v) is 16.6. The largest absolute Gasteiger partial charge is 0.308 e. The lowest BCUT2D eigenvalue weighted by atomic mass is 9.90. The molecule has 0 spiro atoms. The van der Waals surface area contributed by atoms with E-state index in [1.807, 2.05) is 47.7 Å². The Morgan fingerprint density at radius 2 is 0.839 bits per heavy atom. The first-order valence-corrected chi connectivity index (χ1v) is 21.7. The molecule has 0 aliphatic heterocycles. The van der Waals surface area contributed by atoms with Crippen LogP contribution in [0.3, 0.4) is 0 Å². The van der Waals surface area contributed by atoms with Crippen molar-refractivity contribution in [2.24, 2.45) is 0 Å². The molecule has 0 unspecified atom stereocenters. The molecule has 12 aromatic rings. The number of hydrogen-bond acceptors (Lipinski definition) is 4. The first kappa shape index (κ1) is 35.9. The van der Waals surface area contributed by atoms with Gasteiger partial charge >= 0.3 is 0 Å². The van der Waals surface area contributed by atoms with E-state index in [9.17, 15) is 0 Å². The Balaban J connectivity index is 1.15. The number of nitrogens with zero attached hydrogens (tertiary/aromatic N) is 4. The summed E-state index contributed by atoms with van der Waals surface area (Å²) in [7, 11) is 0. The minimum atomic E-state index is 0.604. The van der Waals surface area contributed by atoms with Gasteiger partial charge in [-0.15, -0.1) is 11.3 Å². The van der Waals surface area contributed by atoms with Crippen LogP contribution >= 0.6 is 11.3 Å². The first-order valence-electron chi connectivity index (χ1n) is 20.9. The standard InChI is InChI=1S/C57H36N4S/c1-5-17-37(18-6-1)43-31-29-41(35-47(43)38-19-7-2-8-20-38)42-30-33-50(48(36-42)57-59-55(39-21-9-3-10-22-39)58-56(60-57)40-23-11-4-12-24-40)61-49-27-15-13-26-46(49)53-51(61)34-32-45-44-25-14-16-28-52(44)62-54(45)53/h1-36H. The predicted octanol–water partition coefficient (Wildman–Crippen LogP) is 15.3. The second-order valence-electron chi connectivity index (χ2n) is 15.5. The Morgan fingerprint density at radius 3 is 1.50 bits per heavy atom. The van der Waals surface area contributed by atoms with Crippen molar-refractivity contribution in [2.45, 2.75) is 0 Å². The molecule has 4 nitrogen and oxygen atoms in total. The van der Waals surface area contributed by atoms with Crippen molar-refractivity contribution >= 4 is 53.3 Å². The van der Waals surface area contributed by atoms with Crippen LogP contribution in [0, 0.1) is 0 Å². The number of thiophene rings is 1. The zero-order valence-corrected chi connectivity index (χ0v) is 34.3. The lowest BCUT2D eigenvalue weighted by Gasteiger charge is -2.17. The van der Waals surface area contributed by atoms with Crippen molar-refractivity contribution in [3.05, 3.63) is 218 Å². The summed E-state index contributed by atoms with van der Waals surface area (Å²) in [6, 6.07) is 77.4. The van der Waals surface area contributed by atoms with Crippen LogP contribution in [0.4, 0.5) is 0 Å². The molecule has 5 heteroatoms. The van der Waals surface area contributed by atoms with E-state index in [0.717, 1.165) is 44.5 Å². The van der Waals surface area contributed by atoms with Crippen molar-refractivity contribution in [1.82, 2.24) is 19.5 Å². The van der Waals surface area contributed by atoms with Gasteiger partial charge in [0.15, 0.2) is 17.5 Å². The Hall–Kier alpha value is -7.99. The summed E-state index contributed by atoms with van der Waals surface area (Å²) >= 11 is 1.87. The van der Waals surface area contributed by atoms with E-state index in [-0.39, 0.29) is 0 Å². The quantitative estimate of drug-likeness (QED) is 0.161. The van der Waals surface area contributed by atoms with E-state index in [4.69, 9.17) is 15.0 Å². The average molecular weight is 809 g/mol. The molecule has 0 aliphatic rings. The monoisotopic (exact) mass is 808 g/mol. The Labute approximate surface area is 362 Å². The van der Waals surface area contributed by atoms with Crippen molar-refractivity contribution in [2.75, 3.05) is 0 Å². The summed E-state index contributed by atoms with van der Waals surface area (Å²) in [5.41, 5.74) is 12.9. The molecule has 0 bridgehead atoms. The van der Waals surface area contributed by atoms with Crippen LogP contribution in [0.15, 0.2) is 218 Å². The van der Waals surface area contributed by atoms with Crippen LogP contribution in [0.1, 0.15) is 0 Å². The number of benzene rings is 9. The fourth-order valence-electron chi connectivity index (χ4n) is 8.96. The number of fused-ring (bicyclic) bond motifs is 7. The molecule has 12 rings (SSSR count).